The van der Waals surface area contributed by atoms with Crippen LogP contribution in [0.2, 0.25) is 0 Å². The molecular weight excluding hydrogens is 262 g/mol. The maximum absolute atomic E-state index is 12.0. The van der Waals surface area contributed by atoms with Crippen molar-refractivity contribution in [3.63, 3.8) is 0 Å². The summed E-state index contributed by atoms with van der Waals surface area (Å²) < 4.78 is 1.30. The predicted octanol–water partition coefficient (Wildman–Crippen LogP) is 1.38. The maximum Gasteiger partial charge on any atom is 0.341 e. The fourth-order valence-corrected chi connectivity index (χ4v) is 1.85. The summed E-state index contributed by atoms with van der Waals surface area (Å²) in [4.78, 5) is 23.2. The zero-order valence-electron chi connectivity index (χ0n) is 10.9. The molecule has 0 saturated heterocycles. The van der Waals surface area contributed by atoms with Crippen LogP contribution in [0.5, 0.6) is 5.75 Å². The summed E-state index contributed by atoms with van der Waals surface area (Å²) in [6, 6.07) is 5.63. The van der Waals surface area contributed by atoms with Gasteiger partial charge in [0.25, 0.3) is 5.91 Å². The van der Waals surface area contributed by atoms with Gasteiger partial charge in [0.2, 0.25) is 0 Å². The molecule has 0 bridgehead atoms. The SMILES string of the molecule is Cc1nn(C)c(NC(=O)c2ccc(O)cc2)c1C(=O)O. The van der Waals surface area contributed by atoms with Crippen LogP contribution in [0, 0.1) is 6.92 Å². The largest absolute Gasteiger partial charge is 0.508 e. The highest BCUT2D eigenvalue weighted by molar-refractivity contribution is 6.07. The Labute approximate surface area is 114 Å². The number of nitrogens with zero attached hydrogens (tertiary/aromatic N) is 2. The Bertz CT molecular complexity index is 674. The number of anilines is 1. The number of phenolic OH excluding ortho intramolecular Hbond substituents is 1. The highest BCUT2D eigenvalue weighted by atomic mass is 16.4. The molecule has 7 heteroatoms. The Kier molecular flexibility index (Phi) is 3.43. The van der Waals surface area contributed by atoms with E-state index in [1.54, 1.807) is 14.0 Å². The van der Waals surface area contributed by atoms with Crippen molar-refractivity contribution in [2.24, 2.45) is 7.05 Å². The number of hydrogen-bond donors (Lipinski definition) is 3. The lowest BCUT2D eigenvalue weighted by molar-refractivity contribution is 0.0697. The summed E-state index contributed by atoms with van der Waals surface area (Å²) in [6.07, 6.45) is 0. The van der Waals surface area contributed by atoms with Crippen LogP contribution in [0.15, 0.2) is 24.3 Å². The molecule has 2 rings (SSSR count). The summed E-state index contributed by atoms with van der Waals surface area (Å²) >= 11 is 0. The number of aromatic carboxylic acids is 1. The van der Waals surface area contributed by atoms with Crippen molar-refractivity contribution in [2.75, 3.05) is 5.32 Å². The standard InChI is InChI=1S/C13H13N3O4/c1-7-10(13(19)20)11(16(2)15-7)14-12(18)8-3-5-9(17)6-4-8/h3-6,17H,1-2H3,(H,14,18)(H,19,20). The minimum Gasteiger partial charge on any atom is -0.508 e. The molecular formula is C13H13N3O4. The number of aryl methyl sites for hydroxylation is 2. The number of carboxylic acid groups (broad SMARTS) is 1. The highest BCUT2D eigenvalue weighted by Gasteiger charge is 2.21. The number of phenols is 1. The minimum atomic E-state index is -1.16. The Balaban J connectivity index is 2.33. The summed E-state index contributed by atoms with van der Waals surface area (Å²) in [6.45, 7) is 1.56. The van der Waals surface area contributed by atoms with E-state index in [0.717, 1.165) is 0 Å². The second kappa shape index (κ2) is 5.04. The molecule has 3 N–H and O–H groups in total. The third-order valence-electron chi connectivity index (χ3n) is 2.80. The third-order valence-corrected chi connectivity index (χ3v) is 2.80. The van der Waals surface area contributed by atoms with Crippen LogP contribution >= 0.6 is 0 Å². The molecule has 0 aliphatic carbocycles. The molecule has 0 aliphatic rings. The molecule has 0 radical (unpaired) electrons. The summed E-state index contributed by atoms with van der Waals surface area (Å²) in [7, 11) is 1.55. The van der Waals surface area contributed by atoms with Crippen molar-refractivity contribution in [2.45, 2.75) is 6.92 Å². The van der Waals surface area contributed by atoms with Gasteiger partial charge in [0.15, 0.2) is 0 Å². The van der Waals surface area contributed by atoms with Gasteiger partial charge < -0.3 is 15.5 Å². The first-order valence-electron chi connectivity index (χ1n) is 5.77. The summed E-state index contributed by atoms with van der Waals surface area (Å²) in [5, 5.41) is 24.8. The van der Waals surface area contributed by atoms with Crippen LogP contribution in [-0.4, -0.2) is 31.9 Å². The lowest BCUT2D eigenvalue weighted by Crippen LogP contribution is -2.16. The van der Waals surface area contributed by atoms with E-state index in [2.05, 4.69) is 10.4 Å². The number of amides is 1. The van der Waals surface area contributed by atoms with Crippen molar-refractivity contribution < 1.29 is 19.8 Å². The molecule has 0 unspecified atom stereocenters. The quantitative estimate of drug-likeness (QED) is 0.785. The van der Waals surface area contributed by atoms with Gasteiger partial charge in [-0.05, 0) is 31.2 Å². The van der Waals surface area contributed by atoms with Gasteiger partial charge in [0, 0.05) is 12.6 Å². The van der Waals surface area contributed by atoms with Crippen molar-refractivity contribution in [1.29, 1.82) is 0 Å². The second-order valence-corrected chi connectivity index (χ2v) is 4.24. The summed E-state index contributed by atoms with van der Waals surface area (Å²) in [5.41, 5.74) is 0.582. The topological polar surface area (TPSA) is 104 Å². The van der Waals surface area contributed by atoms with E-state index in [1.165, 1.54) is 28.9 Å². The Morgan fingerprint density at radius 2 is 1.85 bits per heavy atom. The van der Waals surface area contributed by atoms with E-state index in [1.807, 2.05) is 0 Å². The van der Waals surface area contributed by atoms with Gasteiger partial charge >= 0.3 is 5.97 Å². The van der Waals surface area contributed by atoms with Gasteiger partial charge in [-0.25, -0.2) is 4.79 Å². The average Bonchev–Trinajstić information content (AvgIpc) is 2.64. The van der Waals surface area contributed by atoms with E-state index in [0.29, 0.717) is 11.3 Å². The van der Waals surface area contributed by atoms with E-state index >= 15 is 0 Å². The van der Waals surface area contributed by atoms with Crippen LogP contribution in [0.25, 0.3) is 0 Å². The van der Waals surface area contributed by atoms with E-state index < -0.39 is 11.9 Å². The molecule has 1 aromatic carbocycles. The zero-order valence-corrected chi connectivity index (χ0v) is 10.9. The number of carbonyl (C=O) groups excluding carboxylic acids is 1. The van der Waals surface area contributed by atoms with Crippen molar-refractivity contribution in [3.8, 4) is 5.75 Å². The Morgan fingerprint density at radius 1 is 1.25 bits per heavy atom. The van der Waals surface area contributed by atoms with Gasteiger partial charge in [0.1, 0.15) is 17.1 Å². The third kappa shape index (κ3) is 2.46. The second-order valence-electron chi connectivity index (χ2n) is 4.24. The predicted molar refractivity (Wildman–Crippen MR) is 71.0 cm³/mol. The molecule has 2 aromatic rings. The molecule has 1 heterocycles. The molecule has 0 aliphatic heterocycles. The maximum atomic E-state index is 12.0. The molecule has 7 nitrogen and oxygen atoms in total. The lowest BCUT2D eigenvalue weighted by atomic mass is 10.2. The van der Waals surface area contributed by atoms with Crippen LogP contribution in [0.4, 0.5) is 5.82 Å². The van der Waals surface area contributed by atoms with Crippen LogP contribution in [0.3, 0.4) is 0 Å². The lowest BCUT2D eigenvalue weighted by Gasteiger charge is -2.07. The highest BCUT2D eigenvalue weighted by Crippen LogP contribution is 2.20. The fraction of sp³-hybridized carbons (Fsp3) is 0.154. The smallest absolute Gasteiger partial charge is 0.341 e. The number of carbonyl (C=O) groups is 2. The number of benzene rings is 1. The molecule has 1 aromatic heterocycles. The number of aromatic nitrogens is 2. The van der Waals surface area contributed by atoms with Gasteiger partial charge in [-0.2, -0.15) is 5.10 Å². The van der Waals surface area contributed by atoms with E-state index in [4.69, 9.17) is 10.2 Å². The monoisotopic (exact) mass is 275 g/mol. The van der Waals surface area contributed by atoms with Crippen molar-refractivity contribution in [3.05, 3.63) is 41.1 Å². The first kappa shape index (κ1) is 13.6. The minimum absolute atomic E-state index is 0.0420. The zero-order chi connectivity index (χ0) is 14.9. The fourth-order valence-electron chi connectivity index (χ4n) is 1.85. The van der Waals surface area contributed by atoms with Crippen LogP contribution in [-0.2, 0) is 7.05 Å². The normalized spacial score (nSPS) is 10.3. The molecule has 104 valence electrons. The first-order valence-corrected chi connectivity index (χ1v) is 5.77. The van der Waals surface area contributed by atoms with Gasteiger partial charge in [-0.1, -0.05) is 0 Å². The van der Waals surface area contributed by atoms with E-state index in [-0.39, 0.29) is 17.1 Å². The van der Waals surface area contributed by atoms with Crippen LogP contribution in [0.1, 0.15) is 26.4 Å². The first-order chi connectivity index (χ1) is 9.40. The number of hydrogen-bond acceptors (Lipinski definition) is 4. The molecule has 0 spiro atoms. The summed E-state index contributed by atoms with van der Waals surface area (Å²) in [5.74, 6) is -1.47. The van der Waals surface area contributed by atoms with Gasteiger partial charge in [-0.15, -0.1) is 0 Å². The van der Waals surface area contributed by atoms with Crippen molar-refractivity contribution >= 4 is 17.7 Å². The van der Waals surface area contributed by atoms with Crippen LogP contribution < -0.4 is 5.32 Å². The Morgan fingerprint density at radius 3 is 2.40 bits per heavy atom. The molecule has 20 heavy (non-hydrogen) atoms. The number of carboxylic acids is 1. The van der Waals surface area contributed by atoms with Gasteiger partial charge in [-0.3, -0.25) is 9.48 Å². The molecule has 0 atom stereocenters. The molecule has 1 amide bonds. The molecule has 0 fully saturated rings. The van der Waals surface area contributed by atoms with Gasteiger partial charge in [0.05, 0.1) is 5.69 Å². The number of aromatic hydroxyl groups is 1. The van der Waals surface area contributed by atoms with E-state index in [9.17, 15) is 9.59 Å². The van der Waals surface area contributed by atoms with Crippen molar-refractivity contribution in [1.82, 2.24) is 9.78 Å². The number of rotatable bonds is 3. The molecule has 0 saturated carbocycles. The average molecular weight is 275 g/mol. The Hall–Kier alpha value is -2.83. The number of nitrogens with one attached hydrogen (secondary N) is 1.